The van der Waals surface area contributed by atoms with E-state index in [9.17, 15) is 28.9 Å². The Balaban J connectivity index is 4.69. The van der Waals surface area contributed by atoms with Gasteiger partial charge in [-0.15, -0.1) is 0 Å². The number of esters is 3. The highest BCUT2D eigenvalue weighted by molar-refractivity contribution is 7.47. The summed E-state index contributed by atoms with van der Waals surface area (Å²) < 4.78 is 39.5. The van der Waals surface area contributed by atoms with Gasteiger partial charge in [0.25, 0.3) is 0 Å². The highest BCUT2D eigenvalue weighted by Gasteiger charge is 2.28. The normalized spacial score (nSPS) is 13.4. The highest BCUT2D eigenvalue weighted by atomic mass is 31.2. The van der Waals surface area contributed by atoms with E-state index >= 15 is 0 Å². The Kier molecular flexibility index (Phi) is 50.2. The molecule has 0 saturated carbocycles. The number of rotatable bonds is 54. The van der Waals surface area contributed by atoms with Crippen LogP contribution in [0.15, 0.2) is 12.2 Å². The number of hydrogen-bond donors (Lipinski definition) is 2. The third kappa shape index (κ3) is 49.2. The van der Waals surface area contributed by atoms with Crippen molar-refractivity contribution in [2.24, 2.45) is 0 Å². The van der Waals surface area contributed by atoms with Crippen LogP contribution >= 0.6 is 7.82 Å². The molecule has 0 fully saturated rings. The molecule has 0 rings (SSSR count). The molecule has 11 nitrogen and oxygen atoms in total. The first-order chi connectivity index (χ1) is 33.2. The standard InChI is InChI=1S/C56H107O11P/c1-4-7-10-13-16-19-22-24-25-26-27-29-32-35-38-41-44-47-56(60)67-53(49-63-54(58)45-42-39-36-33-31-28-23-20-17-14-11-8-5-2)51-65-68(61,62)64-50-52(48-57)66-55(59)46-43-40-37-34-30-21-18-15-12-9-6-3/h24-25,52-53,57H,4-23,26-51H2,1-3H3,(H,61,62)/b25-24-. The summed E-state index contributed by atoms with van der Waals surface area (Å²) in [6.45, 7) is 4.67. The smallest absolute Gasteiger partial charge is 0.462 e. The molecule has 0 aliphatic rings. The third-order valence-electron chi connectivity index (χ3n) is 12.7. The van der Waals surface area contributed by atoms with Gasteiger partial charge in [0.1, 0.15) is 12.7 Å². The summed E-state index contributed by atoms with van der Waals surface area (Å²) in [6.07, 6.45) is 48.8. The first-order valence-corrected chi connectivity index (χ1v) is 30.1. The van der Waals surface area contributed by atoms with Gasteiger partial charge in [0.2, 0.25) is 0 Å². The number of carbonyl (C=O) groups is 3. The Bertz CT molecular complexity index is 1200. The number of unbranched alkanes of at least 4 members (excludes halogenated alkanes) is 35. The molecule has 0 amide bonds. The first kappa shape index (κ1) is 66.2. The number of aliphatic hydroxyl groups excluding tert-OH is 1. The van der Waals surface area contributed by atoms with Gasteiger partial charge >= 0.3 is 25.7 Å². The van der Waals surface area contributed by atoms with Gasteiger partial charge in [-0.25, -0.2) is 4.57 Å². The number of hydrogen-bond acceptors (Lipinski definition) is 10. The van der Waals surface area contributed by atoms with E-state index in [1.165, 1.54) is 167 Å². The van der Waals surface area contributed by atoms with Gasteiger partial charge in [0.05, 0.1) is 19.8 Å². The van der Waals surface area contributed by atoms with Gasteiger partial charge in [-0.2, -0.15) is 0 Å². The summed E-state index contributed by atoms with van der Waals surface area (Å²) in [7, 11) is -4.73. The zero-order valence-electron chi connectivity index (χ0n) is 44.4. The SMILES string of the molecule is CCCCCCCC/C=C\CCCCCCCCCC(=O)OC(COC(=O)CCCCCCCCCCCCCCC)COP(=O)(O)OCC(CO)OC(=O)CCCCCCCCCCCCC. The first-order valence-electron chi connectivity index (χ1n) is 28.6. The largest absolute Gasteiger partial charge is 0.472 e. The van der Waals surface area contributed by atoms with Gasteiger partial charge in [0.15, 0.2) is 6.10 Å². The maximum atomic E-state index is 12.9. The fourth-order valence-corrected chi connectivity index (χ4v) is 9.08. The highest BCUT2D eigenvalue weighted by Crippen LogP contribution is 2.43. The summed E-state index contributed by atoms with van der Waals surface area (Å²) in [4.78, 5) is 48.4. The molecule has 0 aromatic rings. The van der Waals surface area contributed by atoms with E-state index in [2.05, 4.69) is 32.9 Å². The average Bonchev–Trinajstić information content (AvgIpc) is 3.32. The van der Waals surface area contributed by atoms with Crippen molar-refractivity contribution in [1.29, 1.82) is 0 Å². The van der Waals surface area contributed by atoms with E-state index in [1.807, 2.05) is 0 Å². The lowest BCUT2D eigenvalue weighted by atomic mass is 10.0. The van der Waals surface area contributed by atoms with Crippen molar-refractivity contribution in [1.82, 2.24) is 0 Å². The summed E-state index contributed by atoms with van der Waals surface area (Å²) in [6, 6.07) is 0. The molecular weight excluding hydrogens is 880 g/mol. The zero-order valence-corrected chi connectivity index (χ0v) is 45.2. The predicted octanol–water partition coefficient (Wildman–Crippen LogP) is 16.5. The number of aliphatic hydroxyl groups is 1. The van der Waals surface area contributed by atoms with Gasteiger partial charge in [-0.05, 0) is 44.9 Å². The fraction of sp³-hybridized carbons (Fsp3) is 0.911. The second kappa shape index (κ2) is 51.6. The van der Waals surface area contributed by atoms with E-state index in [0.717, 1.165) is 64.2 Å². The molecule has 402 valence electrons. The third-order valence-corrected chi connectivity index (χ3v) is 13.6. The van der Waals surface area contributed by atoms with Gasteiger partial charge in [-0.1, -0.05) is 238 Å². The second-order valence-electron chi connectivity index (χ2n) is 19.5. The maximum absolute atomic E-state index is 12.9. The Hall–Kier alpha value is -1.78. The van der Waals surface area contributed by atoms with Crippen molar-refractivity contribution in [3.8, 4) is 0 Å². The second-order valence-corrected chi connectivity index (χ2v) is 20.9. The Morgan fingerprint density at radius 3 is 1.01 bits per heavy atom. The van der Waals surface area contributed by atoms with Crippen molar-refractivity contribution in [2.75, 3.05) is 26.4 Å². The number of allylic oxidation sites excluding steroid dienone is 2. The number of phosphoric ester groups is 1. The van der Waals surface area contributed by atoms with Crippen LogP contribution in [0.3, 0.4) is 0 Å². The minimum absolute atomic E-state index is 0.169. The summed E-state index contributed by atoms with van der Waals surface area (Å²) in [5.74, 6) is -1.44. The van der Waals surface area contributed by atoms with Crippen LogP contribution in [0.2, 0.25) is 0 Å². The molecule has 0 aromatic heterocycles. The fourth-order valence-electron chi connectivity index (χ4n) is 8.29. The van der Waals surface area contributed by atoms with E-state index in [1.54, 1.807) is 0 Å². The van der Waals surface area contributed by atoms with Gasteiger partial charge in [-0.3, -0.25) is 23.4 Å². The zero-order chi connectivity index (χ0) is 49.9. The molecule has 12 heteroatoms. The van der Waals surface area contributed by atoms with Gasteiger partial charge < -0.3 is 24.2 Å². The lowest BCUT2D eigenvalue weighted by Gasteiger charge is -2.21. The van der Waals surface area contributed by atoms with Crippen molar-refractivity contribution in [2.45, 2.75) is 303 Å². The Morgan fingerprint density at radius 2 is 0.676 bits per heavy atom. The Morgan fingerprint density at radius 1 is 0.397 bits per heavy atom. The van der Waals surface area contributed by atoms with Crippen molar-refractivity contribution in [3.63, 3.8) is 0 Å². The average molecular weight is 987 g/mol. The van der Waals surface area contributed by atoms with Crippen LogP contribution < -0.4 is 0 Å². The van der Waals surface area contributed by atoms with E-state index in [4.69, 9.17) is 23.3 Å². The Labute approximate surface area is 417 Å². The molecule has 68 heavy (non-hydrogen) atoms. The minimum Gasteiger partial charge on any atom is -0.462 e. The molecule has 0 aliphatic carbocycles. The summed E-state index contributed by atoms with van der Waals surface area (Å²) >= 11 is 0. The molecule has 0 heterocycles. The van der Waals surface area contributed by atoms with Crippen LogP contribution in [0.25, 0.3) is 0 Å². The number of carbonyl (C=O) groups excluding carboxylic acids is 3. The quantitative estimate of drug-likeness (QED) is 0.0197. The molecular formula is C56H107O11P. The van der Waals surface area contributed by atoms with Crippen LogP contribution in [-0.4, -0.2) is 66.5 Å². The lowest BCUT2D eigenvalue weighted by Crippen LogP contribution is -2.30. The predicted molar refractivity (Wildman–Crippen MR) is 280 cm³/mol. The molecule has 0 saturated heterocycles. The van der Waals surface area contributed by atoms with E-state index in [-0.39, 0.29) is 25.9 Å². The number of phosphoric acid groups is 1. The maximum Gasteiger partial charge on any atom is 0.472 e. The van der Waals surface area contributed by atoms with Crippen LogP contribution in [0.4, 0.5) is 0 Å². The van der Waals surface area contributed by atoms with Crippen molar-refractivity contribution in [3.05, 3.63) is 12.2 Å². The molecule has 3 unspecified atom stereocenters. The molecule has 0 aliphatic heterocycles. The van der Waals surface area contributed by atoms with Crippen LogP contribution in [0.5, 0.6) is 0 Å². The van der Waals surface area contributed by atoms with Crippen LogP contribution in [0, 0.1) is 0 Å². The van der Waals surface area contributed by atoms with Crippen molar-refractivity contribution < 1.29 is 52.2 Å². The lowest BCUT2D eigenvalue weighted by molar-refractivity contribution is -0.161. The van der Waals surface area contributed by atoms with Crippen molar-refractivity contribution >= 4 is 25.7 Å². The van der Waals surface area contributed by atoms with Crippen LogP contribution in [-0.2, 0) is 42.2 Å². The molecule has 2 N–H and O–H groups in total. The minimum atomic E-state index is -4.73. The molecule has 0 spiro atoms. The topological polar surface area (TPSA) is 155 Å². The van der Waals surface area contributed by atoms with E-state index in [0.29, 0.717) is 19.3 Å². The van der Waals surface area contributed by atoms with Crippen LogP contribution in [0.1, 0.15) is 290 Å². The summed E-state index contributed by atoms with van der Waals surface area (Å²) in [5.41, 5.74) is 0. The van der Waals surface area contributed by atoms with E-state index < -0.39 is 57.8 Å². The molecule has 3 atom stereocenters. The number of ether oxygens (including phenoxy) is 3. The molecule has 0 radical (unpaired) electrons. The summed E-state index contributed by atoms with van der Waals surface area (Å²) in [5, 5.41) is 9.78. The molecule has 0 bridgehead atoms. The monoisotopic (exact) mass is 987 g/mol. The van der Waals surface area contributed by atoms with Gasteiger partial charge in [0, 0.05) is 19.3 Å². The molecule has 0 aromatic carbocycles.